The number of carbonyl (C=O) groups is 1. The highest BCUT2D eigenvalue weighted by atomic mass is 32.3. The van der Waals surface area contributed by atoms with Crippen LogP contribution in [0.4, 0.5) is 0 Å². The van der Waals surface area contributed by atoms with Crippen molar-refractivity contribution in [3.63, 3.8) is 0 Å². The smallest absolute Gasteiger partial charge is 0.394 e. The number of hydrogen-bond donors (Lipinski definition) is 6. The molecule has 0 spiro atoms. The summed E-state index contributed by atoms with van der Waals surface area (Å²) in [5, 5.41) is 44.7. The van der Waals surface area contributed by atoms with Gasteiger partial charge in [-0.25, -0.2) is 4.18 Å². The Balaban J connectivity index is 2.42. The second-order valence-electron chi connectivity index (χ2n) is 17.8. The van der Waals surface area contributed by atoms with Gasteiger partial charge in [-0.05, 0) is 19.3 Å². The normalized spacial score (nSPS) is 20.7. The van der Waals surface area contributed by atoms with Crippen molar-refractivity contribution >= 4 is 16.3 Å². The van der Waals surface area contributed by atoms with E-state index in [1.54, 1.807) is 6.08 Å². The Morgan fingerprint density at radius 3 is 1.43 bits per heavy atom. The van der Waals surface area contributed by atoms with Gasteiger partial charge < -0.3 is 35.2 Å². The number of aliphatic hydroxyl groups is 4. The Morgan fingerprint density at radius 2 is 1.03 bits per heavy atom. The van der Waals surface area contributed by atoms with Crippen LogP contribution in [-0.4, -0.2) is 95.4 Å². The molecule has 0 aromatic heterocycles. The molecule has 362 valence electrons. The van der Waals surface area contributed by atoms with Gasteiger partial charge in [-0.3, -0.25) is 9.35 Å². The van der Waals surface area contributed by atoms with Crippen LogP contribution in [0.1, 0.15) is 232 Å². The Bertz CT molecular complexity index is 1140. The third-order valence-electron chi connectivity index (χ3n) is 12.1. The zero-order valence-corrected chi connectivity index (χ0v) is 39.6. The van der Waals surface area contributed by atoms with Crippen LogP contribution in [0.3, 0.4) is 0 Å². The number of rotatable bonds is 43. The molecule has 0 bridgehead atoms. The van der Waals surface area contributed by atoms with E-state index in [1.165, 1.54) is 167 Å². The van der Waals surface area contributed by atoms with Crippen molar-refractivity contribution < 1.29 is 51.8 Å². The van der Waals surface area contributed by atoms with Gasteiger partial charge in [0.15, 0.2) is 6.29 Å². The molecule has 1 aliphatic heterocycles. The van der Waals surface area contributed by atoms with E-state index in [9.17, 15) is 38.2 Å². The molecule has 61 heavy (non-hydrogen) atoms. The highest BCUT2D eigenvalue weighted by Crippen LogP contribution is 2.26. The Morgan fingerprint density at radius 1 is 0.639 bits per heavy atom. The first kappa shape index (κ1) is 57.9. The van der Waals surface area contributed by atoms with E-state index in [-0.39, 0.29) is 18.9 Å². The molecular formula is C48H93NO11S. The molecule has 13 heteroatoms. The number of allylic oxidation sites excluding steroid dienone is 1. The van der Waals surface area contributed by atoms with Crippen LogP contribution in [0.5, 0.6) is 0 Å². The standard InChI is InChI=1S/C48H93NO11S/c1-3-5-7-9-11-13-15-17-18-19-20-21-22-23-24-26-28-30-32-34-36-38-44(52)49-41(42(51)37-35-33-31-29-27-25-16-14-12-10-8-6-4-2)40-58-48-46(54)47(60-61(55,56)57)45(53)43(39-50)59-48/h35,37,41-43,45-48,50-51,53-54H,3-34,36,38-40H2,1-2H3,(H,49,52)(H,55,56,57)/b37-35+/t41-,42+,43-,45+,46-,47+,48-/m1/s1. The van der Waals surface area contributed by atoms with Crippen LogP contribution in [0.15, 0.2) is 12.2 Å². The van der Waals surface area contributed by atoms with E-state index in [0.29, 0.717) is 6.42 Å². The van der Waals surface area contributed by atoms with E-state index in [4.69, 9.17) is 9.47 Å². The highest BCUT2D eigenvalue weighted by molar-refractivity contribution is 7.80. The number of amides is 1. The number of hydrogen-bond acceptors (Lipinski definition) is 10. The van der Waals surface area contributed by atoms with Crippen molar-refractivity contribution in [2.24, 2.45) is 0 Å². The van der Waals surface area contributed by atoms with Gasteiger partial charge >= 0.3 is 10.4 Å². The predicted molar refractivity (Wildman–Crippen MR) is 246 cm³/mol. The summed E-state index contributed by atoms with van der Waals surface area (Å²) < 4.78 is 47.6. The minimum atomic E-state index is -5.08. The van der Waals surface area contributed by atoms with Gasteiger partial charge in [0.1, 0.15) is 24.4 Å². The van der Waals surface area contributed by atoms with E-state index >= 15 is 0 Å². The van der Waals surface area contributed by atoms with Crippen LogP contribution >= 0.6 is 0 Å². The SMILES string of the molecule is CCCCCCCCCCCCC/C=C/[C@H](O)[C@@H](CO[C@@H]1O[C@H](CO)[C@H](O)[C@H](OS(=O)(=O)O)[C@H]1O)NC(=O)CCCCCCCCCCCCCCCCCCCCCCC. The molecule has 0 radical (unpaired) electrons. The number of nitrogens with one attached hydrogen (secondary N) is 1. The number of aliphatic hydroxyl groups excluding tert-OH is 4. The molecule has 0 aromatic rings. The second-order valence-corrected chi connectivity index (χ2v) is 18.8. The van der Waals surface area contributed by atoms with Gasteiger partial charge in [0.05, 0.1) is 25.4 Å². The molecule has 1 fully saturated rings. The highest BCUT2D eigenvalue weighted by Gasteiger charge is 2.48. The quantitative estimate of drug-likeness (QED) is 0.0194. The molecular weight excluding hydrogens is 799 g/mol. The summed E-state index contributed by atoms with van der Waals surface area (Å²) in [6.45, 7) is 3.40. The Hall–Kier alpha value is -1.16. The van der Waals surface area contributed by atoms with Crippen molar-refractivity contribution in [3.8, 4) is 0 Å². The van der Waals surface area contributed by atoms with Crippen LogP contribution in [0.25, 0.3) is 0 Å². The molecule has 6 N–H and O–H groups in total. The lowest BCUT2D eigenvalue weighted by molar-refractivity contribution is -0.298. The van der Waals surface area contributed by atoms with Crippen LogP contribution in [0.2, 0.25) is 0 Å². The second kappa shape index (κ2) is 39.2. The summed E-state index contributed by atoms with van der Waals surface area (Å²) in [5.41, 5.74) is 0. The first-order valence-corrected chi connectivity index (χ1v) is 26.4. The Labute approximate surface area is 372 Å². The van der Waals surface area contributed by atoms with Gasteiger partial charge in [-0.15, -0.1) is 0 Å². The third-order valence-corrected chi connectivity index (χ3v) is 12.5. The van der Waals surface area contributed by atoms with Gasteiger partial charge in [0.25, 0.3) is 0 Å². The molecule has 1 aliphatic rings. The summed E-state index contributed by atoms with van der Waals surface area (Å²) in [7, 11) is -5.08. The molecule has 7 atom stereocenters. The molecule has 1 amide bonds. The van der Waals surface area contributed by atoms with Crippen LogP contribution < -0.4 is 5.32 Å². The average Bonchev–Trinajstić information content (AvgIpc) is 3.23. The molecule has 1 rings (SSSR count). The summed E-state index contributed by atoms with van der Waals surface area (Å²) in [4.78, 5) is 13.1. The molecule has 1 saturated heterocycles. The van der Waals surface area contributed by atoms with Crippen LogP contribution in [0, 0.1) is 0 Å². The maximum absolute atomic E-state index is 13.1. The maximum Gasteiger partial charge on any atom is 0.397 e. The molecule has 0 saturated carbocycles. The van der Waals surface area contributed by atoms with E-state index in [1.807, 2.05) is 6.08 Å². The first-order chi connectivity index (χ1) is 29.5. The molecule has 12 nitrogen and oxygen atoms in total. The fourth-order valence-electron chi connectivity index (χ4n) is 8.16. The lowest BCUT2D eigenvalue weighted by Gasteiger charge is -2.41. The number of unbranched alkanes of at least 4 members (excludes halogenated alkanes) is 31. The minimum absolute atomic E-state index is 0.259. The zero-order chi connectivity index (χ0) is 44.8. The van der Waals surface area contributed by atoms with Gasteiger partial charge in [0.2, 0.25) is 5.91 Å². The Kier molecular flexibility index (Phi) is 37.2. The minimum Gasteiger partial charge on any atom is -0.394 e. The first-order valence-electron chi connectivity index (χ1n) is 25.1. The van der Waals surface area contributed by atoms with E-state index in [2.05, 4.69) is 23.3 Å². The van der Waals surface area contributed by atoms with Crippen molar-refractivity contribution in [3.05, 3.63) is 12.2 Å². The lowest BCUT2D eigenvalue weighted by atomic mass is 9.99. The average molecular weight is 892 g/mol. The third kappa shape index (κ3) is 32.2. The zero-order valence-electron chi connectivity index (χ0n) is 38.7. The molecule has 0 aromatic carbocycles. The molecule has 1 heterocycles. The topological polar surface area (TPSA) is 192 Å². The summed E-state index contributed by atoms with van der Waals surface area (Å²) in [6.07, 6.45) is 35.4. The molecule has 0 unspecified atom stereocenters. The van der Waals surface area contributed by atoms with E-state index in [0.717, 1.165) is 38.5 Å². The molecule has 0 aliphatic carbocycles. The van der Waals surface area contributed by atoms with Crippen molar-refractivity contribution in [2.75, 3.05) is 13.2 Å². The maximum atomic E-state index is 13.1. The fourth-order valence-corrected chi connectivity index (χ4v) is 8.67. The van der Waals surface area contributed by atoms with Crippen LogP contribution in [-0.2, 0) is 28.9 Å². The predicted octanol–water partition coefficient (Wildman–Crippen LogP) is 10.3. The van der Waals surface area contributed by atoms with Gasteiger partial charge in [0, 0.05) is 6.42 Å². The summed E-state index contributed by atoms with van der Waals surface area (Å²) >= 11 is 0. The van der Waals surface area contributed by atoms with Crippen molar-refractivity contribution in [1.29, 1.82) is 0 Å². The summed E-state index contributed by atoms with van der Waals surface area (Å²) in [5.74, 6) is -0.259. The van der Waals surface area contributed by atoms with Gasteiger partial charge in [-0.2, -0.15) is 8.42 Å². The lowest BCUT2D eigenvalue weighted by Crippen LogP contribution is -2.61. The van der Waals surface area contributed by atoms with Crippen molar-refractivity contribution in [2.45, 2.75) is 275 Å². The fraction of sp³-hybridized carbons (Fsp3) is 0.938. The van der Waals surface area contributed by atoms with E-state index < -0.39 is 59.9 Å². The monoisotopic (exact) mass is 892 g/mol. The van der Waals surface area contributed by atoms with Gasteiger partial charge in [-0.1, -0.05) is 219 Å². The van der Waals surface area contributed by atoms with Crippen molar-refractivity contribution in [1.82, 2.24) is 5.32 Å². The largest absolute Gasteiger partial charge is 0.397 e. The number of carbonyl (C=O) groups excluding carboxylic acids is 1. The number of ether oxygens (including phenoxy) is 2. The summed E-state index contributed by atoms with van der Waals surface area (Å²) in [6, 6.07) is -0.938.